The largest absolute Gasteiger partial charge is 0.329 e. The zero-order valence-electron chi connectivity index (χ0n) is 9.85. The highest BCUT2D eigenvalue weighted by atomic mass is 32.2. The Kier molecular flexibility index (Phi) is 3.14. The third-order valence-electron chi connectivity index (χ3n) is 3.43. The van der Waals surface area contributed by atoms with Crippen LogP contribution in [0.4, 0.5) is 0 Å². The van der Waals surface area contributed by atoms with E-state index in [2.05, 4.69) is 15.6 Å². The van der Waals surface area contributed by atoms with Crippen molar-refractivity contribution in [1.29, 1.82) is 5.26 Å². The first-order valence-corrected chi connectivity index (χ1v) is 7.58. The normalized spacial score (nSPS) is 16.8. The lowest BCUT2D eigenvalue weighted by Crippen LogP contribution is -2.15. The molecule has 2 heterocycles. The number of thioether (sulfide) groups is 1. The molecule has 0 amide bonds. The number of hydrogen-bond acceptors (Lipinski definition) is 3. The molecule has 1 fully saturated rings. The molecule has 0 radical (unpaired) electrons. The van der Waals surface area contributed by atoms with Gasteiger partial charge in [0.15, 0.2) is 4.77 Å². The van der Waals surface area contributed by atoms with Crippen LogP contribution in [0.15, 0.2) is 18.2 Å². The SMILES string of the molecule is N#Cc1cccc2c1[nH]c(=S)n2C1CCSCC1. The molecule has 0 unspecified atom stereocenters. The van der Waals surface area contributed by atoms with Crippen molar-refractivity contribution in [3.8, 4) is 6.07 Å². The number of benzene rings is 1. The zero-order chi connectivity index (χ0) is 12.5. The first-order chi connectivity index (χ1) is 8.81. The summed E-state index contributed by atoms with van der Waals surface area (Å²) in [6.45, 7) is 0. The Bertz CT molecular complexity index is 672. The van der Waals surface area contributed by atoms with E-state index in [1.54, 1.807) is 0 Å². The van der Waals surface area contributed by atoms with E-state index in [0.29, 0.717) is 11.6 Å². The van der Waals surface area contributed by atoms with Crippen molar-refractivity contribution in [3.63, 3.8) is 0 Å². The first kappa shape index (κ1) is 11.8. The van der Waals surface area contributed by atoms with Crippen molar-refractivity contribution in [1.82, 2.24) is 9.55 Å². The van der Waals surface area contributed by atoms with Gasteiger partial charge >= 0.3 is 0 Å². The molecule has 1 aromatic heterocycles. The number of rotatable bonds is 1. The van der Waals surface area contributed by atoms with Crippen LogP contribution in [-0.2, 0) is 0 Å². The van der Waals surface area contributed by atoms with Gasteiger partial charge in [-0.1, -0.05) is 6.07 Å². The van der Waals surface area contributed by atoms with Gasteiger partial charge in [-0.15, -0.1) is 0 Å². The number of nitriles is 1. The maximum atomic E-state index is 9.13. The molecule has 1 N–H and O–H groups in total. The summed E-state index contributed by atoms with van der Waals surface area (Å²) in [6.07, 6.45) is 2.31. The van der Waals surface area contributed by atoms with Crippen LogP contribution in [0, 0.1) is 16.1 Å². The minimum absolute atomic E-state index is 0.474. The maximum absolute atomic E-state index is 9.13. The molecule has 0 aliphatic carbocycles. The number of hydrogen-bond donors (Lipinski definition) is 1. The van der Waals surface area contributed by atoms with E-state index < -0.39 is 0 Å². The summed E-state index contributed by atoms with van der Waals surface area (Å²) in [5.41, 5.74) is 2.61. The number of imidazole rings is 1. The van der Waals surface area contributed by atoms with Crippen molar-refractivity contribution in [2.45, 2.75) is 18.9 Å². The van der Waals surface area contributed by atoms with Gasteiger partial charge in [0.2, 0.25) is 0 Å². The molecule has 3 rings (SSSR count). The van der Waals surface area contributed by atoms with Crippen molar-refractivity contribution < 1.29 is 0 Å². The Morgan fingerprint density at radius 2 is 2.17 bits per heavy atom. The molecule has 0 bridgehead atoms. The van der Waals surface area contributed by atoms with Gasteiger partial charge in [-0.05, 0) is 48.7 Å². The highest BCUT2D eigenvalue weighted by Gasteiger charge is 2.19. The molecule has 18 heavy (non-hydrogen) atoms. The van der Waals surface area contributed by atoms with Crippen molar-refractivity contribution >= 4 is 35.0 Å². The van der Waals surface area contributed by atoms with Crippen molar-refractivity contribution in [2.75, 3.05) is 11.5 Å². The number of fused-ring (bicyclic) bond motifs is 1. The minimum atomic E-state index is 0.474. The van der Waals surface area contributed by atoms with E-state index in [0.717, 1.165) is 28.6 Å². The molecular formula is C13H13N3S2. The lowest BCUT2D eigenvalue weighted by Gasteiger charge is -2.23. The lowest BCUT2D eigenvalue weighted by molar-refractivity contribution is 0.476. The highest BCUT2D eigenvalue weighted by molar-refractivity contribution is 7.99. The van der Waals surface area contributed by atoms with Crippen molar-refractivity contribution in [2.24, 2.45) is 0 Å². The van der Waals surface area contributed by atoms with E-state index in [1.807, 2.05) is 30.0 Å². The standard InChI is InChI=1S/C13H13N3S2/c14-8-9-2-1-3-11-12(9)15-13(17)16(11)10-4-6-18-7-5-10/h1-3,10H,4-7H2,(H,15,17). The molecule has 0 spiro atoms. The second-order valence-corrected chi connectivity index (χ2v) is 6.07. The fourth-order valence-electron chi connectivity index (χ4n) is 2.55. The lowest BCUT2D eigenvalue weighted by atomic mass is 10.1. The van der Waals surface area contributed by atoms with Crippen molar-refractivity contribution in [3.05, 3.63) is 28.5 Å². The highest BCUT2D eigenvalue weighted by Crippen LogP contribution is 2.31. The molecule has 5 heteroatoms. The van der Waals surface area contributed by atoms with Gasteiger partial charge < -0.3 is 9.55 Å². The van der Waals surface area contributed by atoms with Gasteiger partial charge in [-0.2, -0.15) is 17.0 Å². The monoisotopic (exact) mass is 275 g/mol. The van der Waals surface area contributed by atoms with E-state index in [-0.39, 0.29) is 0 Å². The Balaban J connectivity index is 2.20. The first-order valence-electron chi connectivity index (χ1n) is 6.02. The van der Waals surface area contributed by atoms with Crippen LogP contribution in [0.5, 0.6) is 0 Å². The smallest absolute Gasteiger partial charge is 0.178 e. The number of para-hydroxylation sites is 1. The average Bonchev–Trinajstić information content (AvgIpc) is 2.75. The van der Waals surface area contributed by atoms with Crippen LogP contribution < -0.4 is 0 Å². The summed E-state index contributed by atoms with van der Waals surface area (Å²) in [5, 5.41) is 9.13. The summed E-state index contributed by atoms with van der Waals surface area (Å²) < 4.78 is 2.94. The summed E-state index contributed by atoms with van der Waals surface area (Å²) in [5.74, 6) is 2.38. The predicted octanol–water partition coefficient (Wildman–Crippen LogP) is 3.64. The Morgan fingerprint density at radius 3 is 2.89 bits per heavy atom. The van der Waals surface area contributed by atoms with Gasteiger partial charge in [-0.25, -0.2) is 0 Å². The Morgan fingerprint density at radius 1 is 1.39 bits per heavy atom. The van der Waals surface area contributed by atoms with E-state index in [1.165, 1.54) is 11.5 Å². The Hall–Kier alpha value is -1.25. The average molecular weight is 275 g/mol. The Labute approximate surface area is 115 Å². The number of nitrogens with zero attached hydrogens (tertiary/aromatic N) is 2. The van der Waals surface area contributed by atoms with E-state index >= 15 is 0 Å². The summed E-state index contributed by atoms with van der Waals surface area (Å²) in [7, 11) is 0. The van der Waals surface area contributed by atoms with Gasteiger partial charge in [0, 0.05) is 6.04 Å². The summed E-state index contributed by atoms with van der Waals surface area (Å²) >= 11 is 7.44. The van der Waals surface area contributed by atoms with E-state index in [4.69, 9.17) is 17.5 Å². The number of nitrogens with one attached hydrogen (secondary N) is 1. The molecule has 0 atom stereocenters. The second kappa shape index (κ2) is 4.79. The van der Waals surface area contributed by atoms with Crippen LogP contribution in [0.2, 0.25) is 0 Å². The molecule has 1 aliphatic rings. The molecule has 1 aromatic carbocycles. The quantitative estimate of drug-likeness (QED) is 0.808. The molecule has 3 nitrogen and oxygen atoms in total. The fourth-order valence-corrected chi connectivity index (χ4v) is 3.98. The number of H-pyrrole nitrogens is 1. The number of aromatic amines is 1. The van der Waals surface area contributed by atoms with Gasteiger partial charge in [0.1, 0.15) is 6.07 Å². The molecule has 1 aliphatic heterocycles. The molecule has 0 saturated carbocycles. The van der Waals surface area contributed by atoms with Gasteiger partial charge in [-0.3, -0.25) is 0 Å². The predicted molar refractivity (Wildman–Crippen MR) is 77.4 cm³/mol. The zero-order valence-corrected chi connectivity index (χ0v) is 11.5. The maximum Gasteiger partial charge on any atom is 0.178 e. The number of aromatic nitrogens is 2. The van der Waals surface area contributed by atoms with Crippen LogP contribution in [0.1, 0.15) is 24.4 Å². The molecule has 2 aromatic rings. The molecule has 92 valence electrons. The summed E-state index contributed by atoms with van der Waals surface area (Å²) in [4.78, 5) is 3.19. The summed E-state index contributed by atoms with van der Waals surface area (Å²) in [6, 6.07) is 8.49. The third kappa shape index (κ3) is 1.86. The second-order valence-electron chi connectivity index (χ2n) is 4.46. The molecular weight excluding hydrogens is 262 g/mol. The third-order valence-corrected chi connectivity index (χ3v) is 4.78. The molecule has 1 saturated heterocycles. The van der Waals surface area contributed by atoms with Crippen LogP contribution >= 0.6 is 24.0 Å². The van der Waals surface area contributed by atoms with Crippen LogP contribution in [0.3, 0.4) is 0 Å². The topological polar surface area (TPSA) is 44.5 Å². The van der Waals surface area contributed by atoms with E-state index in [9.17, 15) is 0 Å². The van der Waals surface area contributed by atoms with Gasteiger partial charge in [0.05, 0.1) is 16.6 Å². The van der Waals surface area contributed by atoms with Gasteiger partial charge in [0.25, 0.3) is 0 Å². The van der Waals surface area contributed by atoms with Crippen LogP contribution in [0.25, 0.3) is 11.0 Å². The van der Waals surface area contributed by atoms with Crippen LogP contribution in [-0.4, -0.2) is 21.1 Å². The fraction of sp³-hybridized carbons (Fsp3) is 0.385. The minimum Gasteiger partial charge on any atom is -0.329 e.